The molecular weight excluding hydrogens is 252 g/mol. The second-order valence-corrected chi connectivity index (χ2v) is 4.76. The molecule has 0 N–H and O–H groups in total. The third-order valence-electron chi connectivity index (χ3n) is 3.39. The van der Waals surface area contributed by atoms with Crippen LogP contribution in [0.5, 0.6) is 11.5 Å². The maximum absolute atomic E-state index is 6.04. The van der Waals surface area contributed by atoms with Crippen molar-refractivity contribution in [1.82, 2.24) is 0 Å². The molecule has 0 spiro atoms. The van der Waals surface area contributed by atoms with Crippen LogP contribution in [0, 0.1) is 5.92 Å². The molecule has 1 aliphatic rings. The monoisotopic (exact) mass is 270 g/mol. The molecule has 1 aromatic rings. The molecule has 18 heavy (non-hydrogen) atoms. The number of hydrogen-bond donors (Lipinski definition) is 0. The van der Waals surface area contributed by atoms with E-state index >= 15 is 0 Å². The predicted molar refractivity (Wildman–Crippen MR) is 71.7 cm³/mol. The molecule has 1 fully saturated rings. The van der Waals surface area contributed by atoms with Gasteiger partial charge in [-0.05, 0) is 31.0 Å². The van der Waals surface area contributed by atoms with Crippen LogP contribution in [0.1, 0.15) is 24.5 Å². The largest absolute Gasteiger partial charge is 0.497 e. The Kier molecular flexibility index (Phi) is 4.72. The topological polar surface area (TPSA) is 27.7 Å². The fourth-order valence-corrected chi connectivity index (χ4v) is 2.72. The Labute approximate surface area is 113 Å². The summed E-state index contributed by atoms with van der Waals surface area (Å²) in [5.74, 6) is 2.58. The van der Waals surface area contributed by atoms with E-state index in [-0.39, 0.29) is 6.10 Å². The summed E-state index contributed by atoms with van der Waals surface area (Å²) in [6, 6.07) is 5.78. The Balaban J connectivity index is 2.34. The summed E-state index contributed by atoms with van der Waals surface area (Å²) in [6.07, 6.45) is 2.16. The summed E-state index contributed by atoms with van der Waals surface area (Å²) in [7, 11) is 3.33. The van der Waals surface area contributed by atoms with Gasteiger partial charge in [0.05, 0.1) is 20.3 Å². The van der Waals surface area contributed by atoms with Crippen molar-refractivity contribution >= 4 is 11.6 Å². The van der Waals surface area contributed by atoms with Crippen LogP contribution in [-0.2, 0) is 4.74 Å². The first-order valence-electron chi connectivity index (χ1n) is 6.19. The normalized spacial score (nSPS) is 23.7. The molecule has 100 valence electrons. The van der Waals surface area contributed by atoms with Crippen LogP contribution in [0.3, 0.4) is 0 Å². The van der Waals surface area contributed by atoms with E-state index in [1.165, 1.54) is 0 Å². The molecule has 0 aliphatic carbocycles. The van der Waals surface area contributed by atoms with Gasteiger partial charge < -0.3 is 14.2 Å². The number of methoxy groups -OCH3 is 2. The van der Waals surface area contributed by atoms with E-state index in [0.29, 0.717) is 11.8 Å². The van der Waals surface area contributed by atoms with Gasteiger partial charge in [-0.3, -0.25) is 0 Å². The quantitative estimate of drug-likeness (QED) is 0.785. The number of rotatable bonds is 4. The summed E-state index contributed by atoms with van der Waals surface area (Å²) in [6.45, 7) is 0.776. The molecule has 0 bridgehead atoms. The number of alkyl halides is 1. The van der Waals surface area contributed by atoms with Crippen molar-refractivity contribution in [3.05, 3.63) is 23.8 Å². The lowest BCUT2D eigenvalue weighted by molar-refractivity contribution is -0.0220. The first-order valence-corrected chi connectivity index (χ1v) is 6.73. The van der Waals surface area contributed by atoms with Crippen molar-refractivity contribution < 1.29 is 14.2 Å². The van der Waals surface area contributed by atoms with E-state index in [4.69, 9.17) is 25.8 Å². The lowest BCUT2D eigenvalue weighted by Gasteiger charge is -2.31. The van der Waals surface area contributed by atoms with Gasteiger partial charge in [0.2, 0.25) is 0 Å². The molecule has 1 aromatic carbocycles. The molecule has 2 rings (SSSR count). The third kappa shape index (κ3) is 2.73. The summed E-state index contributed by atoms with van der Waals surface area (Å²) in [5.41, 5.74) is 1.03. The van der Waals surface area contributed by atoms with Gasteiger partial charge in [0.15, 0.2) is 0 Å². The minimum atomic E-state index is 0.00120. The lowest BCUT2D eigenvalue weighted by Crippen LogP contribution is -2.24. The molecule has 1 aliphatic heterocycles. The molecule has 0 aromatic heterocycles. The average Bonchev–Trinajstić information content (AvgIpc) is 2.46. The summed E-state index contributed by atoms with van der Waals surface area (Å²) in [5, 5.41) is 0. The molecule has 2 atom stereocenters. The molecule has 1 heterocycles. The zero-order valence-electron chi connectivity index (χ0n) is 10.8. The number of benzene rings is 1. The lowest BCUT2D eigenvalue weighted by atomic mass is 9.90. The minimum Gasteiger partial charge on any atom is -0.497 e. The number of ether oxygens (including phenoxy) is 3. The first kappa shape index (κ1) is 13.5. The maximum atomic E-state index is 6.04. The summed E-state index contributed by atoms with van der Waals surface area (Å²) >= 11 is 6.04. The van der Waals surface area contributed by atoms with Gasteiger partial charge in [-0.25, -0.2) is 0 Å². The highest BCUT2D eigenvalue weighted by Crippen LogP contribution is 2.40. The highest BCUT2D eigenvalue weighted by Gasteiger charge is 2.29. The van der Waals surface area contributed by atoms with E-state index in [0.717, 1.165) is 36.5 Å². The van der Waals surface area contributed by atoms with Gasteiger partial charge in [-0.15, -0.1) is 11.6 Å². The minimum absolute atomic E-state index is 0.00120. The standard InChI is InChI=1S/C14H19ClO3/c1-16-11-5-6-13(17-2)12(8-11)14-10(9-15)4-3-7-18-14/h5-6,8,10,14H,3-4,7,9H2,1-2H3. The predicted octanol–water partition coefficient (Wildman–Crippen LogP) is 3.41. The molecule has 2 unspecified atom stereocenters. The maximum Gasteiger partial charge on any atom is 0.124 e. The molecule has 0 amide bonds. The van der Waals surface area contributed by atoms with Gasteiger partial charge in [0.1, 0.15) is 11.5 Å². The van der Waals surface area contributed by atoms with Gasteiger partial charge in [-0.1, -0.05) is 0 Å². The van der Waals surface area contributed by atoms with Crippen LogP contribution in [0.2, 0.25) is 0 Å². The molecule has 0 radical (unpaired) electrons. The fourth-order valence-electron chi connectivity index (χ4n) is 2.41. The molecular formula is C14H19ClO3. The average molecular weight is 271 g/mol. The van der Waals surface area contributed by atoms with Gasteiger partial charge in [-0.2, -0.15) is 0 Å². The SMILES string of the molecule is COc1ccc(OC)c(C2OCCCC2CCl)c1. The number of halogens is 1. The Morgan fingerprint density at radius 2 is 2.17 bits per heavy atom. The van der Waals surface area contributed by atoms with E-state index in [9.17, 15) is 0 Å². The Bertz CT molecular complexity index is 395. The van der Waals surface area contributed by atoms with Crippen molar-refractivity contribution in [2.45, 2.75) is 18.9 Å². The van der Waals surface area contributed by atoms with E-state index in [2.05, 4.69) is 0 Å². The van der Waals surface area contributed by atoms with Crippen LogP contribution in [0.4, 0.5) is 0 Å². The Hall–Kier alpha value is -0.930. The van der Waals surface area contributed by atoms with Crippen LogP contribution >= 0.6 is 11.6 Å². The van der Waals surface area contributed by atoms with Gasteiger partial charge in [0, 0.05) is 24.0 Å². The molecule has 1 saturated heterocycles. The van der Waals surface area contributed by atoms with Crippen LogP contribution in [0.15, 0.2) is 18.2 Å². The zero-order valence-corrected chi connectivity index (χ0v) is 11.6. The smallest absolute Gasteiger partial charge is 0.124 e. The van der Waals surface area contributed by atoms with Gasteiger partial charge >= 0.3 is 0 Å². The Morgan fingerprint density at radius 3 is 2.83 bits per heavy atom. The van der Waals surface area contributed by atoms with Crippen molar-refractivity contribution in [3.63, 3.8) is 0 Å². The second kappa shape index (κ2) is 6.30. The number of hydrogen-bond acceptors (Lipinski definition) is 3. The fraction of sp³-hybridized carbons (Fsp3) is 0.571. The van der Waals surface area contributed by atoms with Gasteiger partial charge in [0.25, 0.3) is 0 Å². The van der Waals surface area contributed by atoms with Crippen molar-refractivity contribution in [3.8, 4) is 11.5 Å². The highest BCUT2D eigenvalue weighted by atomic mass is 35.5. The van der Waals surface area contributed by atoms with Crippen molar-refractivity contribution in [1.29, 1.82) is 0 Å². The van der Waals surface area contributed by atoms with Crippen LogP contribution in [0.25, 0.3) is 0 Å². The summed E-state index contributed by atoms with van der Waals surface area (Å²) in [4.78, 5) is 0. The van der Waals surface area contributed by atoms with Crippen molar-refractivity contribution in [2.24, 2.45) is 5.92 Å². The Morgan fingerprint density at radius 1 is 1.33 bits per heavy atom. The zero-order chi connectivity index (χ0) is 13.0. The molecule has 4 heteroatoms. The molecule has 3 nitrogen and oxygen atoms in total. The van der Waals surface area contributed by atoms with Crippen LogP contribution in [-0.4, -0.2) is 26.7 Å². The van der Waals surface area contributed by atoms with E-state index < -0.39 is 0 Å². The molecule has 0 saturated carbocycles. The first-order chi connectivity index (χ1) is 8.80. The third-order valence-corrected chi connectivity index (χ3v) is 3.78. The van der Waals surface area contributed by atoms with E-state index in [1.54, 1.807) is 14.2 Å². The van der Waals surface area contributed by atoms with Crippen molar-refractivity contribution in [2.75, 3.05) is 26.7 Å². The summed E-state index contributed by atoms with van der Waals surface area (Å²) < 4.78 is 16.6. The highest BCUT2D eigenvalue weighted by molar-refractivity contribution is 6.18. The van der Waals surface area contributed by atoms with E-state index in [1.807, 2.05) is 18.2 Å². The second-order valence-electron chi connectivity index (χ2n) is 4.46. The van der Waals surface area contributed by atoms with Crippen LogP contribution < -0.4 is 9.47 Å².